The molecule has 0 saturated heterocycles. The average Bonchev–Trinajstić information content (AvgIpc) is 2.59. The summed E-state index contributed by atoms with van der Waals surface area (Å²) in [4.78, 5) is 0. The zero-order valence-electron chi connectivity index (χ0n) is 14.7. The van der Waals surface area contributed by atoms with Gasteiger partial charge in [-0.05, 0) is 62.2 Å². The van der Waals surface area contributed by atoms with Crippen molar-refractivity contribution >= 4 is 23.2 Å². The third kappa shape index (κ3) is 7.66. The van der Waals surface area contributed by atoms with Gasteiger partial charge in [-0.2, -0.15) is 0 Å². The van der Waals surface area contributed by atoms with E-state index in [1.54, 1.807) is 6.07 Å². The van der Waals surface area contributed by atoms with Gasteiger partial charge in [0.1, 0.15) is 12.4 Å². The molecule has 0 spiro atoms. The Morgan fingerprint density at radius 1 is 1.00 bits per heavy atom. The summed E-state index contributed by atoms with van der Waals surface area (Å²) in [5.41, 5.74) is 2.18. The van der Waals surface area contributed by atoms with Crippen LogP contribution < -0.4 is 10.1 Å². The van der Waals surface area contributed by atoms with E-state index in [4.69, 9.17) is 32.7 Å². The van der Waals surface area contributed by atoms with Gasteiger partial charge in [-0.25, -0.2) is 0 Å². The Labute approximate surface area is 160 Å². The molecule has 0 radical (unpaired) electrons. The van der Waals surface area contributed by atoms with Crippen LogP contribution in [-0.2, 0) is 17.9 Å². The molecular weight excluding hydrogens is 357 g/mol. The Balaban J connectivity index is 1.75. The lowest BCUT2D eigenvalue weighted by molar-refractivity contribution is 0.0770. The van der Waals surface area contributed by atoms with Gasteiger partial charge in [-0.3, -0.25) is 0 Å². The number of benzene rings is 2. The van der Waals surface area contributed by atoms with Gasteiger partial charge in [0.25, 0.3) is 0 Å². The first kappa shape index (κ1) is 20.1. The maximum atomic E-state index is 6.03. The molecule has 3 nitrogen and oxygen atoms in total. The number of hydrogen-bond donors (Lipinski definition) is 1. The van der Waals surface area contributed by atoms with Crippen LogP contribution in [0.15, 0.2) is 42.5 Å². The first-order valence-corrected chi connectivity index (χ1v) is 9.28. The fourth-order valence-corrected chi connectivity index (χ4v) is 2.61. The highest BCUT2D eigenvalue weighted by atomic mass is 35.5. The van der Waals surface area contributed by atoms with Gasteiger partial charge in [-0.15, -0.1) is 0 Å². The number of rotatable bonds is 10. The van der Waals surface area contributed by atoms with Crippen LogP contribution in [0.1, 0.15) is 31.4 Å². The normalized spacial score (nSPS) is 11.1. The van der Waals surface area contributed by atoms with Gasteiger partial charge in [0, 0.05) is 13.2 Å². The largest absolute Gasteiger partial charge is 0.489 e. The van der Waals surface area contributed by atoms with Crippen LogP contribution in [0.3, 0.4) is 0 Å². The fraction of sp³-hybridized carbons (Fsp3) is 0.400. The predicted molar refractivity (Wildman–Crippen MR) is 105 cm³/mol. The van der Waals surface area contributed by atoms with Gasteiger partial charge >= 0.3 is 0 Å². The molecule has 0 unspecified atom stereocenters. The van der Waals surface area contributed by atoms with E-state index in [1.165, 1.54) is 5.56 Å². The van der Waals surface area contributed by atoms with Crippen molar-refractivity contribution in [2.75, 3.05) is 13.2 Å². The second kappa shape index (κ2) is 10.7. The topological polar surface area (TPSA) is 30.5 Å². The number of ether oxygens (including phenoxy) is 2. The Hall–Kier alpha value is -1.26. The highest BCUT2D eigenvalue weighted by Gasteiger charge is 2.02. The lowest BCUT2D eigenvalue weighted by atomic mass is 10.2. The molecule has 2 aromatic rings. The maximum absolute atomic E-state index is 6.03. The van der Waals surface area contributed by atoms with E-state index in [0.29, 0.717) is 22.8 Å². The summed E-state index contributed by atoms with van der Waals surface area (Å²) in [7, 11) is 0. The van der Waals surface area contributed by atoms with Crippen LogP contribution in [-0.4, -0.2) is 19.3 Å². The van der Waals surface area contributed by atoms with Gasteiger partial charge in [0.15, 0.2) is 0 Å². The molecule has 136 valence electrons. The maximum Gasteiger partial charge on any atom is 0.120 e. The van der Waals surface area contributed by atoms with Crippen LogP contribution in [0, 0.1) is 0 Å². The van der Waals surface area contributed by atoms with E-state index < -0.39 is 0 Å². The standard InChI is InChI=1S/C20H25Cl2NO2/c1-15(2)24-10-4-9-23-13-16-5-3-6-18(11-16)25-14-17-7-8-19(21)20(22)12-17/h3,5-8,11-12,15,23H,4,9-10,13-14H2,1-2H3. The lowest BCUT2D eigenvalue weighted by Gasteiger charge is -2.10. The SMILES string of the molecule is CC(C)OCCCNCc1cccc(OCc2ccc(Cl)c(Cl)c2)c1. The van der Waals surface area contributed by atoms with Gasteiger partial charge < -0.3 is 14.8 Å². The van der Waals surface area contributed by atoms with Crippen molar-refractivity contribution in [3.05, 3.63) is 63.6 Å². The van der Waals surface area contributed by atoms with Crippen LogP contribution in [0.5, 0.6) is 5.75 Å². The van der Waals surface area contributed by atoms with Crippen LogP contribution in [0.4, 0.5) is 0 Å². The molecule has 0 heterocycles. The second-order valence-electron chi connectivity index (χ2n) is 6.13. The minimum atomic E-state index is 0.296. The van der Waals surface area contributed by atoms with Crippen molar-refractivity contribution in [3.63, 3.8) is 0 Å². The summed E-state index contributed by atoms with van der Waals surface area (Å²) in [6.45, 7) is 7.10. The first-order valence-electron chi connectivity index (χ1n) is 8.52. The van der Waals surface area contributed by atoms with Crippen LogP contribution in [0.25, 0.3) is 0 Å². The third-order valence-corrected chi connectivity index (χ3v) is 4.31. The average molecular weight is 382 g/mol. The van der Waals surface area contributed by atoms with E-state index in [1.807, 2.05) is 24.3 Å². The molecule has 0 saturated carbocycles. The predicted octanol–water partition coefficient (Wildman–Crippen LogP) is 5.48. The molecular formula is C20H25Cl2NO2. The Morgan fingerprint density at radius 3 is 2.60 bits per heavy atom. The number of nitrogens with one attached hydrogen (secondary N) is 1. The Morgan fingerprint density at radius 2 is 1.84 bits per heavy atom. The quantitative estimate of drug-likeness (QED) is 0.552. The minimum Gasteiger partial charge on any atom is -0.489 e. The van der Waals surface area contributed by atoms with E-state index in [0.717, 1.165) is 37.4 Å². The highest BCUT2D eigenvalue weighted by molar-refractivity contribution is 6.42. The molecule has 0 aliphatic heterocycles. The van der Waals surface area contributed by atoms with E-state index in [9.17, 15) is 0 Å². The number of hydrogen-bond acceptors (Lipinski definition) is 3. The van der Waals surface area contributed by atoms with Gasteiger partial charge in [-0.1, -0.05) is 41.4 Å². The Kier molecular flexibility index (Phi) is 8.56. The summed E-state index contributed by atoms with van der Waals surface area (Å²) in [6, 6.07) is 13.6. The minimum absolute atomic E-state index is 0.296. The van der Waals surface area contributed by atoms with Gasteiger partial charge in [0.05, 0.1) is 16.1 Å². The van der Waals surface area contributed by atoms with Crippen molar-refractivity contribution in [3.8, 4) is 5.75 Å². The second-order valence-corrected chi connectivity index (χ2v) is 6.95. The molecule has 0 amide bonds. The van der Waals surface area contributed by atoms with Crippen molar-refractivity contribution < 1.29 is 9.47 Å². The van der Waals surface area contributed by atoms with Crippen molar-refractivity contribution in [2.24, 2.45) is 0 Å². The first-order chi connectivity index (χ1) is 12.0. The summed E-state index contributed by atoms with van der Waals surface area (Å²) in [5.74, 6) is 0.841. The third-order valence-electron chi connectivity index (χ3n) is 3.57. The molecule has 0 aromatic heterocycles. The van der Waals surface area contributed by atoms with Crippen molar-refractivity contribution in [1.82, 2.24) is 5.32 Å². The molecule has 5 heteroatoms. The van der Waals surface area contributed by atoms with E-state index in [2.05, 4.69) is 31.3 Å². The van der Waals surface area contributed by atoms with Crippen LogP contribution >= 0.6 is 23.2 Å². The molecule has 0 aliphatic carbocycles. The zero-order chi connectivity index (χ0) is 18.1. The summed E-state index contributed by atoms with van der Waals surface area (Å²) in [5, 5.41) is 4.52. The molecule has 25 heavy (non-hydrogen) atoms. The van der Waals surface area contributed by atoms with E-state index in [-0.39, 0.29) is 0 Å². The summed E-state index contributed by atoms with van der Waals surface area (Å²) in [6.07, 6.45) is 1.30. The summed E-state index contributed by atoms with van der Waals surface area (Å²) < 4.78 is 11.4. The zero-order valence-corrected chi connectivity index (χ0v) is 16.2. The molecule has 1 N–H and O–H groups in total. The molecule has 0 bridgehead atoms. The van der Waals surface area contributed by atoms with Gasteiger partial charge in [0.2, 0.25) is 0 Å². The lowest BCUT2D eigenvalue weighted by Crippen LogP contribution is -2.17. The smallest absolute Gasteiger partial charge is 0.120 e. The summed E-state index contributed by atoms with van der Waals surface area (Å²) >= 11 is 12.0. The molecule has 0 aliphatic rings. The monoisotopic (exact) mass is 381 g/mol. The van der Waals surface area contributed by atoms with Crippen molar-refractivity contribution in [1.29, 1.82) is 0 Å². The molecule has 2 aromatic carbocycles. The number of halogens is 2. The van der Waals surface area contributed by atoms with Crippen LogP contribution in [0.2, 0.25) is 10.0 Å². The molecule has 0 fully saturated rings. The highest BCUT2D eigenvalue weighted by Crippen LogP contribution is 2.23. The van der Waals surface area contributed by atoms with Crippen molar-refractivity contribution in [2.45, 2.75) is 39.5 Å². The fourth-order valence-electron chi connectivity index (χ4n) is 2.29. The van der Waals surface area contributed by atoms with E-state index >= 15 is 0 Å². The molecule has 2 rings (SSSR count). The Bertz CT molecular complexity index is 662. The molecule has 0 atom stereocenters.